The Morgan fingerprint density at radius 3 is 2.35 bits per heavy atom. The molecule has 1 aromatic rings. The van der Waals surface area contributed by atoms with E-state index in [1.165, 1.54) is 12.3 Å². The number of ether oxygens (including phenoxy) is 1. The highest BCUT2D eigenvalue weighted by Crippen LogP contribution is 2.18. The Kier molecular flexibility index (Phi) is 5.39. The van der Waals surface area contributed by atoms with Gasteiger partial charge in [-0.2, -0.15) is 0 Å². The fraction of sp³-hybridized carbons (Fsp3) is 0.571. The lowest BCUT2D eigenvalue weighted by Crippen LogP contribution is -2.47. The molecular formula is C14H20BrNO4. The van der Waals surface area contributed by atoms with E-state index in [-0.39, 0.29) is 11.8 Å². The molecule has 1 N–H and O–H groups in total. The van der Waals surface area contributed by atoms with Crippen LogP contribution in [0.25, 0.3) is 0 Å². The summed E-state index contributed by atoms with van der Waals surface area (Å²) in [6.07, 6.45) is 1.40. The lowest BCUT2D eigenvalue weighted by atomic mass is 10.0. The van der Waals surface area contributed by atoms with Gasteiger partial charge in [-0.3, -0.25) is 4.79 Å². The summed E-state index contributed by atoms with van der Waals surface area (Å²) < 4.78 is 10.7. The number of halogens is 1. The summed E-state index contributed by atoms with van der Waals surface area (Å²) in [5, 5.41) is 2.68. The van der Waals surface area contributed by atoms with Crippen molar-refractivity contribution in [3.63, 3.8) is 0 Å². The van der Waals surface area contributed by atoms with Crippen molar-refractivity contribution in [2.24, 2.45) is 5.92 Å². The maximum Gasteiger partial charge on any atom is 0.329 e. The van der Waals surface area contributed by atoms with Crippen molar-refractivity contribution in [1.29, 1.82) is 0 Å². The molecule has 1 atom stereocenters. The summed E-state index contributed by atoms with van der Waals surface area (Å²) in [7, 11) is 0. The Balaban J connectivity index is 2.81. The van der Waals surface area contributed by atoms with Crippen LogP contribution in [0.15, 0.2) is 21.4 Å². The van der Waals surface area contributed by atoms with E-state index in [4.69, 9.17) is 9.15 Å². The summed E-state index contributed by atoms with van der Waals surface area (Å²) in [5.41, 5.74) is -0.246. The van der Waals surface area contributed by atoms with Gasteiger partial charge in [0.15, 0.2) is 4.67 Å². The molecular weight excluding hydrogens is 326 g/mol. The minimum atomic E-state index is -0.705. The van der Waals surface area contributed by atoms with Gasteiger partial charge in [-0.1, -0.05) is 13.8 Å². The Morgan fingerprint density at radius 1 is 1.35 bits per heavy atom. The number of esters is 1. The number of hydrogen-bond donors (Lipinski definition) is 1. The predicted octanol–water partition coefficient (Wildman–Crippen LogP) is 3.14. The molecule has 0 saturated carbocycles. The second-order valence-electron chi connectivity index (χ2n) is 5.84. The van der Waals surface area contributed by atoms with Crippen molar-refractivity contribution in [3.8, 4) is 0 Å². The molecule has 1 rings (SSSR count). The van der Waals surface area contributed by atoms with E-state index in [9.17, 15) is 9.59 Å². The van der Waals surface area contributed by atoms with Crippen LogP contribution in [-0.4, -0.2) is 23.5 Å². The van der Waals surface area contributed by atoms with E-state index in [0.717, 1.165) is 0 Å². The van der Waals surface area contributed by atoms with Gasteiger partial charge in [-0.25, -0.2) is 4.79 Å². The van der Waals surface area contributed by atoms with Crippen LogP contribution < -0.4 is 5.32 Å². The van der Waals surface area contributed by atoms with Gasteiger partial charge in [0.25, 0.3) is 5.91 Å². The summed E-state index contributed by atoms with van der Waals surface area (Å²) in [6.45, 7) is 9.06. The fourth-order valence-corrected chi connectivity index (χ4v) is 1.96. The van der Waals surface area contributed by atoms with Crippen molar-refractivity contribution in [2.75, 3.05) is 0 Å². The SMILES string of the molecule is CC(C)[C@H](NC(=O)c1ccoc1Br)C(=O)OC(C)(C)C. The maximum absolute atomic E-state index is 12.1. The van der Waals surface area contributed by atoms with Gasteiger partial charge in [-0.15, -0.1) is 0 Å². The second-order valence-corrected chi connectivity index (χ2v) is 6.56. The molecule has 0 aliphatic carbocycles. The van der Waals surface area contributed by atoms with Crippen molar-refractivity contribution in [1.82, 2.24) is 5.32 Å². The maximum atomic E-state index is 12.1. The van der Waals surface area contributed by atoms with Crippen LogP contribution in [0.1, 0.15) is 45.0 Å². The highest BCUT2D eigenvalue weighted by molar-refractivity contribution is 9.10. The standard InChI is InChI=1S/C14H20BrNO4/c1-8(2)10(13(18)20-14(3,4)5)16-12(17)9-6-7-19-11(9)15/h6-8,10H,1-5H3,(H,16,17)/t10-/m0/s1. The average Bonchev–Trinajstić information content (AvgIpc) is 2.69. The monoisotopic (exact) mass is 345 g/mol. The first-order chi connectivity index (χ1) is 9.11. The number of rotatable bonds is 4. The van der Waals surface area contributed by atoms with Gasteiger partial charge in [0.05, 0.1) is 11.8 Å². The third kappa shape index (κ3) is 4.67. The number of nitrogens with one attached hydrogen (secondary N) is 1. The van der Waals surface area contributed by atoms with E-state index in [0.29, 0.717) is 10.2 Å². The fourth-order valence-electron chi connectivity index (χ4n) is 1.54. The minimum absolute atomic E-state index is 0.0838. The molecule has 1 heterocycles. The number of hydrogen-bond acceptors (Lipinski definition) is 4. The third-order valence-corrected chi connectivity index (χ3v) is 3.09. The Hall–Kier alpha value is -1.30. The van der Waals surface area contributed by atoms with Crippen LogP contribution in [0.2, 0.25) is 0 Å². The number of carbonyl (C=O) groups is 2. The Labute approximate surface area is 127 Å². The smallest absolute Gasteiger partial charge is 0.329 e. The summed E-state index contributed by atoms with van der Waals surface area (Å²) in [5.74, 6) is -0.907. The largest absolute Gasteiger partial charge is 0.458 e. The quantitative estimate of drug-likeness (QED) is 0.851. The molecule has 0 saturated heterocycles. The van der Waals surface area contributed by atoms with Gasteiger partial charge in [0.1, 0.15) is 11.6 Å². The molecule has 0 bridgehead atoms. The van der Waals surface area contributed by atoms with Gasteiger partial charge in [0.2, 0.25) is 0 Å². The lowest BCUT2D eigenvalue weighted by Gasteiger charge is -2.26. The molecule has 20 heavy (non-hydrogen) atoms. The molecule has 5 nitrogen and oxygen atoms in total. The second kappa shape index (κ2) is 6.43. The average molecular weight is 346 g/mol. The van der Waals surface area contributed by atoms with E-state index in [2.05, 4.69) is 21.2 Å². The van der Waals surface area contributed by atoms with Crippen LogP contribution in [0.3, 0.4) is 0 Å². The van der Waals surface area contributed by atoms with Crippen molar-refractivity contribution < 1.29 is 18.7 Å². The van der Waals surface area contributed by atoms with E-state index in [1.807, 2.05) is 13.8 Å². The van der Waals surface area contributed by atoms with Crippen molar-refractivity contribution in [3.05, 3.63) is 22.6 Å². The zero-order valence-electron chi connectivity index (χ0n) is 12.3. The van der Waals surface area contributed by atoms with Crippen LogP contribution in [0, 0.1) is 5.92 Å². The highest BCUT2D eigenvalue weighted by atomic mass is 79.9. The number of amides is 1. The molecule has 0 aliphatic rings. The molecule has 0 radical (unpaired) electrons. The normalized spacial score (nSPS) is 13.2. The zero-order chi connectivity index (χ0) is 15.5. The van der Waals surface area contributed by atoms with Crippen LogP contribution in [0.4, 0.5) is 0 Å². The Bertz CT molecular complexity index is 488. The molecule has 0 spiro atoms. The van der Waals surface area contributed by atoms with Crippen molar-refractivity contribution in [2.45, 2.75) is 46.3 Å². The molecule has 0 fully saturated rings. The van der Waals surface area contributed by atoms with E-state index in [1.54, 1.807) is 20.8 Å². The van der Waals surface area contributed by atoms with Gasteiger partial charge >= 0.3 is 5.97 Å². The van der Waals surface area contributed by atoms with Crippen molar-refractivity contribution >= 4 is 27.8 Å². The molecule has 0 aromatic carbocycles. The zero-order valence-corrected chi connectivity index (χ0v) is 13.9. The Morgan fingerprint density at radius 2 is 1.95 bits per heavy atom. The summed E-state index contributed by atoms with van der Waals surface area (Å²) in [6, 6.07) is 0.829. The summed E-state index contributed by atoms with van der Waals surface area (Å²) >= 11 is 3.14. The van der Waals surface area contributed by atoms with E-state index >= 15 is 0 Å². The van der Waals surface area contributed by atoms with Gasteiger partial charge in [-0.05, 0) is 48.7 Å². The molecule has 6 heteroatoms. The molecule has 112 valence electrons. The summed E-state index contributed by atoms with van der Waals surface area (Å²) in [4.78, 5) is 24.2. The minimum Gasteiger partial charge on any atom is -0.458 e. The third-order valence-electron chi connectivity index (χ3n) is 2.48. The molecule has 1 amide bonds. The van der Waals surface area contributed by atoms with Gasteiger partial charge < -0.3 is 14.5 Å². The first-order valence-corrected chi connectivity index (χ1v) is 7.18. The lowest BCUT2D eigenvalue weighted by molar-refractivity contribution is -0.158. The molecule has 1 aromatic heterocycles. The van der Waals surface area contributed by atoms with Gasteiger partial charge in [0, 0.05) is 0 Å². The highest BCUT2D eigenvalue weighted by Gasteiger charge is 2.30. The van der Waals surface area contributed by atoms with Crippen LogP contribution >= 0.6 is 15.9 Å². The number of furan rings is 1. The molecule has 0 aliphatic heterocycles. The molecule has 0 unspecified atom stereocenters. The first kappa shape index (κ1) is 16.8. The van der Waals surface area contributed by atoms with Crippen LogP contribution in [0.5, 0.6) is 0 Å². The predicted molar refractivity (Wildman–Crippen MR) is 78.3 cm³/mol. The topological polar surface area (TPSA) is 68.5 Å². The van der Waals surface area contributed by atoms with Crippen LogP contribution in [-0.2, 0) is 9.53 Å². The first-order valence-electron chi connectivity index (χ1n) is 6.38. The van der Waals surface area contributed by atoms with E-state index < -0.39 is 17.6 Å². The number of carbonyl (C=O) groups excluding carboxylic acids is 2.